The first-order valence-electron chi connectivity index (χ1n) is 4.95. The quantitative estimate of drug-likeness (QED) is 0.751. The number of benzene rings is 1. The summed E-state index contributed by atoms with van der Waals surface area (Å²) in [5, 5.41) is 22.1. The van der Waals surface area contributed by atoms with Gasteiger partial charge in [-0.1, -0.05) is 0 Å². The van der Waals surface area contributed by atoms with Crippen LogP contribution in [-0.2, 0) is 9.59 Å². The van der Waals surface area contributed by atoms with E-state index in [0.717, 1.165) is 0 Å². The summed E-state index contributed by atoms with van der Waals surface area (Å²) in [6.45, 7) is -0.452. The molecule has 94 valence electrons. The third-order valence-electron chi connectivity index (χ3n) is 1.97. The van der Waals surface area contributed by atoms with Gasteiger partial charge in [-0.2, -0.15) is 5.26 Å². The summed E-state index contributed by atoms with van der Waals surface area (Å²) in [5.41, 5.74) is 1.15. The highest BCUT2D eigenvalue weighted by Crippen LogP contribution is 2.22. The van der Waals surface area contributed by atoms with Gasteiger partial charge in [0.2, 0.25) is 5.91 Å². The van der Waals surface area contributed by atoms with Crippen molar-refractivity contribution in [1.82, 2.24) is 5.32 Å². The fourth-order valence-corrected chi connectivity index (χ4v) is 1.66. The van der Waals surface area contributed by atoms with Gasteiger partial charge in [-0.3, -0.25) is 9.59 Å². The van der Waals surface area contributed by atoms with Crippen LogP contribution < -0.4 is 10.6 Å². The molecule has 18 heavy (non-hydrogen) atoms. The van der Waals surface area contributed by atoms with Gasteiger partial charge in [0.1, 0.15) is 6.54 Å². The van der Waals surface area contributed by atoms with Crippen LogP contribution in [-0.4, -0.2) is 30.1 Å². The van der Waals surface area contributed by atoms with E-state index in [4.69, 9.17) is 10.4 Å². The summed E-state index contributed by atoms with van der Waals surface area (Å²) in [6, 6.07) is 6.89. The number of aliphatic carboxylic acids is 1. The highest BCUT2D eigenvalue weighted by atomic mass is 79.9. The molecule has 0 aliphatic carbocycles. The molecule has 1 amide bonds. The fourth-order valence-electron chi connectivity index (χ4n) is 1.14. The van der Waals surface area contributed by atoms with Crippen LogP contribution in [0.15, 0.2) is 22.7 Å². The normalized spacial score (nSPS) is 9.33. The topological polar surface area (TPSA) is 102 Å². The number of rotatable bonds is 5. The van der Waals surface area contributed by atoms with Gasteiger partial charge in [-0.05, 0) is 34.1 Å². The van der Waals surface area contributed by atoms with Gasteiger partial charge in [0.05, 0.1) is 18.2 Å². The number of nitrogens with zero attached hydrogens (tertiary/aromatic N) is 1. The van der Waals surface area contributed by atoms with Crippen molar-refractivity contribution in [2.24, 2.45) is 0 Å². The first-order valence-corrected chi connectivity index (χ1v) is 5.74. The highest BCUT2D eigenvalue weighted by molar-refractivity contribution is 9.10. The molecule has 3 N–H and O–H groups in total. The number of carboxylic acid groups (broad SMARTS) is 1. The lowest BCUT2D eigenvalue weighted by Crippen LogP contribution is -2.33. The SMILES string of the molecule is N#Cc1ccc(NCC(=O)NCC(=O)O)c(Br)c1. The summed E-state index contributed by atoms with van der Waals surface area (Å²) < 4.78 is 0.660. The fraction of sp³-hybridized carbons (Fsp3) is 0.182. The van der Waals surface area contributed by atoms with Crippen molar-refractivity contribution in [3.8, 4) is 6.07 Å². The minimum atomic E-state index is -1.09. The van der Waals surface area contributed by atoms with Crippen LogP contribution in [0.25, 0.3) is 0 Å². The first-order chi connectivity index (χ1) is 8.52. The molecule has 0 bridgehead atoms. The minimum absolute atomic E-state index is 0.0439. The molecule has 0 radical (unpaired) electrons. The zero-order chi connectivity index (χ0) is 13.5. The Hall–Kier alpha value is -2.07. The van der Waals surface area contributed by atoms with Gasteiger partial charge >= 0.3 is 5.97 Å². The van der Waals surface area contributed by atoms with Gasteiger partial charge in [-0.25, -0.2) is 0 Å². The number of halogens is 1. The van der Waals surface area contributed by atoms with Gasteiger partial charge in [-0.15, -0.1) is 0 Å². The van der Waals surface area contributed by atoms with E-state index in [2.05, 4.69) is 26.6 Å². The lowest BCUT2D eigenvalue weighted by atomic mass is 10.2. The Morgan fingerprint density at radius 1 is 1.39 bits per heavy atom. The Bertz CT molecular complexity index is 511. The zero-order valence-corrected chi connectivity index (χ0v) is 10.8. The Labute approximate surface area is 112 Å². The van der Waals surface area contributed by atoms with Crippen molar-refractivity contribution in [2.45, 2.75) is 0 Å². The second kappa shape index (κ2) is 6.61. The standard InChI is InChI=1S/C11H10BrN3O3/c12-8-3-7(4-13)1-2-9(8)14-5-10(16)15-6-11(17)18/h1-3,14H,5-6H2,(H,15,16)(H,17,18). The van der Waals surface area contributed by atoms with E-state index in [9.17, 15) is 9.59 Å². The summed E-state index contributed by atoms with van der Waals surface area (Å²) >= 11 is 3.26. The number of hydrogen-bond donors (Lipinski definition) is 3. The van der Waals surface area contributed by atoms with Gasteiger partial charge in [0, 0.05) is 10.2 Å². The number of carbonyl (C=O) groups excluding carboxylic acids is 1. The average molecular weight is 312 g/mol. The monoisotopic (exact) mass is 311 g/mol. The Morgan fingerprint density at radius 3 is 2.67 bits per heavy atom. The molecule has 0 atom stereocenters. The number of carbonyl (C=O) groups is 2. The number of anilines is 1. The second-order valence-corrected chi connectivity index (χ2v) is 4.18. The Kier molecular flexibility index (Phi) is 5.14. The van der Waals surface area contributed by atoms with E-state index >= 15 is 0 Å². The molecule has 7 heteroatoms. The number of hydrogen-bond acceptors (Lipinski definition) is 4. The van der Waals surface area contributed by atoms with Crippen LogP contribution >= 0.6 is 15.9 Å². The number of amides is 1. The van der Waals surface area contributed by atoms with Crippen molar-refractivity contribution < 1.29 is 14.7 Å². The molecular formula is C11H10BrN3O3. The average Bonchev–Trinajstić information content (AvgIpc) is 2.34. The zero-order valence-electron chi connectivity index (χ0n) is 9.24. The van der Waals surface area contributed by atoms with Gasteiger partial charge in [0.25, 0.3) is 0 Å². The van der Waals surface area contributed by atoms with Crippen LogP contribution in [0.4, 0.5) is 5.69 Å². The van der Waals surface area contributed by atoms with Crippen molar-refractivity contribution in [1.29, 1.82) is 5.26 Å². The Morgan fingerprint density at radius 2 is 2.11 bits per heavy atom. The van der Waals surface area contributed by atoms with Crippen LogP contribution in [0, 0.1) is 11.3 Å². The molecule has 0 unspecified atom stereocenters. The van der Waals surface area contributed by atoms with Crippen LogP contribution in [0.1, 0.15) is 5.56 Å². The van der Waals surface area contributed by atoms with Crippen LogP contribution in [0.3, 0.4) is 0 Å². The number of carboxylic acids is 1. The summed E-state index contributed by atoms with van der Waals surface area (Å²) in [4.78, 5) is 21.5. The Balaban J connectivity index is 2.51. The van der Waals surface area contributed by atoms with E-state index in [1.807, 2.05) is 6.07 Å². The van der Waals surface area contributed by atoms with Crippen LogP contribution in [0.5, 0.6) is 0 Å². The predicted octanol–water partition coefficient (Wildman–Crippen LogP) is 0.933. The molecule has 0 saturated carbocycles. The molecule has 0 spiro atoms. The third-order valence-corrected chi connectivity index (χ3v) is 2.63. The maximum absolute atomic E-state index is 11.3. The smallest absolute Gasteiger partial charge is 0.322 e. The van der Waals surface area contributed by atoms with Crippen molar-refractivity contribution in [3.63, 3.8) is 0 Å². The van der Waals surface area contributed by atoms with Gasteiger partial charge < -0.3 is 15.7 Å². The van der Waals surface area contributed by atoms with E-state index in [0.29, 0.717) is 15.7 Å². The highest BCUT2D eigenvalue weighted by Gasteiger charge is 2.05. The summed E-state index contributed by atoms with van der Waals surface area (Å²) in [7, 11) is 0. The lowest BCUT2D eigenvalue weighted by molar-refractivity contribution is -0.137. The molecule has 1 rings (SSSR count). The third kappa shape index (κ3) is 4.43. The van der Waals surface area contributed by atoms with E-state index < -0.39 is 18.4 Å². The minimum Gasteiger partial charge on any atom is -0.480 e. The maximum atomic E-state index is 11.3. The molecule has 0 heterocycles. The molecular weight excluding hydrogens is 302 g/mol. The molecule has 1 aromatic rings. The van der Waals surface area contributed by atoms with Crippen molar-refractivity contribution >= 4 is 33.5 Å². The number of nitriles is 1. The molecule has 6 nitrogen and oxygen atoms in total. The predicted molar refractivity (Wildman–Crippen MR) is 68.0 cm³/mol. The van der Waals surface area contributed by atoms with E-state index in [-0.39, 0.29) is 6.54 Å². The van der Waals surface area contributed by atoms with E-state index in [1.54, 1.807) is 18.2 Å². The second-order valence-electron chi connectivity index (χ2n) is 3.33. The molecule has 0 aromatic heterocycles. The van der Waals surface area contributed by atoms with Gasteiger partial charge in [0.15, 0.2) is 0 Å². The molecule has 0 aliphatic rings. The first kappa shape index (κ1) is 14.0. The maximum Gasteiger partial charge on any atom is 0.322 e. The number of nitrogens with one attached hydrogen (secondary N) is 2. The van der Waals surface area contributed by atoms with Crippen LogP contribution in [0.2, 0.25) is 0 Å². The molecule has 1 aromatic carbocycles. The summed E-state index contributed by atoms with van der Waals surface area (Å²) in [5.74, 6) is -1.52. The van der Waals surface area contributed by atoms with Crippen molar-refractivity contribution in [3.05, 3.63) is 28.2 Å². The van der Waals surface area contributed by atoms with E-state index in [1.165, 1.54) is 0 Å². The molecule has 0 aliphatic heterocycles. The summed E-state index contributed by atoms with van der Waals surface area (Å²) in [6.07, 6.45) is 0. The molecule has 0 fully saturated rings. The lowest BCUT2D eigenvalue weighted by Gasteiger charge is -2.08. The molecule has 0 saturated heterocycles. The van der Waals surface area contributed by atoms with Crippen molar-refractivity contribution in [2.75, 3.05) is 18.4 Å². The largest absolute Gasteiger partial charge is 0.480 e.